The Bertz CT molecular complexity index is 1400. The van der Waals surface area contributed by atoms with Crippen molar-refractivity contribution in [3.05, 3.63) is 71.2 Å². The molecule has 8 heteroatoms. The summed E-state index contributed by atoms with van der Waals surface area (Å²) in [6.45, 7) is 2.81. The van der Waals surface area contributed by atoms with E-state index in [-0.39, 0.29) is 31.5 Å². The average molecular weight is 521 g/mol. The summed E-state index contributed by atoms with van der Waals surface area (Å²) in [6, 6.07) is 20.4. The lowest BCUT2D eigenvalue weighted by atomic mass is 9.83. The number of ether oxygens (including phenoxy) is 3. The number of imidazole rings is 1. The lowest BCUT2D eigenvalue weighted by molar-refractivity contribution is 0.0273. The molecule has 3 aromatic carbocycles. The molecule has 0 amide bonds. The molecular weight excluding hydrogens is 492 g/mol. The lowest BCUT2D eigenvalue weighted by Gasteiger charge is -2.25. The van der Waals surface area contributed by atoms with E-state index in [1.54, 1.807) is 0 Å². The van der Waals surface area contributed by atoms with Crippen molar-refractivity contribution in [3.63, 3.8) is 0 Å². The van der Waals surface area contributed by atoms with Crippen molar-refractivity contribution >= 4 is 22.6 Å². The second-order valence-electron chi connectivity index (χ2n) is 10.1. The number of benzene rings is 3. The molecule has 6 rings (SSSR count). The molecule has 2 aliphatic rings. The van der Waals surface area contributed by atoms with Crippen LogP contribution in [0.5, 0.6) is 6.01 Å². The smallest absolute Gasteiger partial charge is 0.295 e. The van der Waals surface area contributed by atoms with E-state index in [4.69, 9.17) is 25.8 Å². The molecule has 37 heavy (non-hydrogen) atoms. The summed E-state index contributed by atoms with van der Waals surface area (Å²) in [6.07, 6.45) is 0.792. The predicted molar refractivity (Wildman–Crippen MR) is 142 cm³/mol. The van der Waals surface area contributed by atoms with Crippen molar-refractivity contribution < 1.29 is 24.4 Å². The lowest BCUT2D eigenvalue weighted by Crippen LogP contribution is -2.32. The van der Waals surface area contributed by atoms with Crippen LogP contribution in [0.25, 0.3) is 33.3 Å². The van der Waals surface area contributed by atoms with Gasteiger partial charge in [0.15, 0.2) is 6.10 Å². The number of halogens is 1. The maximum Gasteiger partial charge on any atom is 0.295 e. The highest BCUT2D eigenvalue weighted by atomic mass is 35.5. The number of hydrogen-bond acceptors (Lipinski definition) is 6. The normalized spacial score (nSPS) is 21.5. The van der Waals surface area contributed by atoms with E-state index in [1.807, 2.05) is 55.5 Å². The summed E-state index contributed by atoms with van der Waals surface area (Å²) in [5, 5.41) is 19.9. The van der Waals surface area contributed by atoms with Gasteiger partial charge in [0.05, 0.1) is 42.0 Å². The standard InChI is InChI=1S/C29H29ClN2O5/c1-29(15-33,16-34)20-8-6-18(7-9-20)17-2-4-19(5-3-17)21-12-23-24(13-22(21)30)32-28(31-23)37-26-14-36-25-10-11-35-27(25)26/h2-9,12-13,25-27,33-34H,10-11,14-16H2,1H3,(H,31,32)/t25-,26?,27+/m1/s1. The number of aliphatic hydroxyl groups excluding tert-OH is 2. The van der Waals surface area contributed by atoms with E-state index in [0.717, 1.165) is 45.3 Å². The first-order chi connectivity index (χ1) is 18.0. The van der Waals surface area contributed by atoms with Crippen LogP contribution in [0.4, 0.5) is 0 Å². The molecule has 2 fully saturated rings. The number of nitrogens with zero attached hydrogens (tertiary/aromatic N) is 1. The first-order valence-corrected chi connectivity index (χ1v) is 12.9. The fourth-order valence-corrected chi connectivity index (χ4v) is 5.37. The summed E-state index contributed by atoms with van der Waals surface area (Å²) >= 11 is 6.67. The van der Waals surface area contributed by atoms with Gasteiger partial charge in [0, 0.05) is 17.6 Å². The Hall–Kier alpha value is -2.94. The Morgan fingerprint density at radius 3 is 2.38 bits per heavy atom. The number of aromatic nitrogens is 2. The Morgan fingerprint density at radius 1 is 1.00 bits per heavy atom. The minimum Gasteiger partial charge on any atom is -0.456 e. The highest BCUT2D eigenvalue weighted by Gasteiger charge is 2.43. The third-order valence-corrected chi connectivity index (χ3v) is 7.85. The third kappa shape index (κ3) is 4.51. The van der Waals surface area contributed by atoms with Crippen LogP contribution in [0.2, 0.25) is 5.02 Å². The highest BCUT2D eigenvalue weighted by molar-refractivity contribution is 6.34. The van der Waals surface area contributed by atoms with Gasteiger partial charge in [0.1, 0.15) is 6.10 Å². The minimum atomic E-state index is -0.660. The molecule has 0 radical (unpaired) electrons. The van der Waals surface area contributed by atoms with E-state index < -0.39 is 5.41 Å². The quantitative estimate of drug-likeness (QED) is 0.326. The monoisotopic (exact) mass is 520 g/mol. The maximum atomic E-state index is 9.66. The Labute approximate surface area is 220 Å². The summed E-state index contributed by atoms with van der Waals surface area (Å²) in [5.41, 5.74) is 5.80. The summed E-state index contributed by atoms with van der Waals surface area (Å²) < 4.78 is 17.6. The van der Waals surface area contributed by atoms with Gasteiger partial charge in [-0.05, 0) is 40.8 Å². The zero-order valence-corrected chi connectivity index (χ0v) is 21.2. The van der Waals surface area contributed by atoms with Crippen LogP contribution in [0.3, 0.4) is 0 Å². The minimum absolute atomic E-state index is 0.0454. The Morgan fingerprint density at radius 2 is 1.68 bits per heavy atom. The van der Waals surface area contributed by atoms with E-state index in [1.165, 1.54) is 0 Å². The van der Waals surface area contributed by atoms with Gasteiger partial charge in [-0.3, -0.25) is 0 Å². The van der Waals surface area contributed by atoms with Gasteiger partial charge >= 0.3 is 0 Å². The Kier molecular flexibility index (Phi) is 6.42. The van der Waals surface area contributed by atoms with Gasteiger partial charge in [-0.15, -0.1) is 0 Å². The van der Waals surface area contributed by atoms with Crippen molar-refractivity contribution in [1.29, 1.82) is 0 Å². The first-order valence-electron chi connectivity index (χ1n) is 12.5. The van der Waals surface area contributed by atoms with Gasteiger partial charge in [0.25, 0.3) is 6.01 Å². The predicted octanol–water partition coefficient (Wildman–Crippen LogP) is 4.73. The number of aromatic amines is 1. The van der Waals surface area contributed by atoms with Crippen molar-refractivity contribution in [2.45, 2.75) is 37.1 Å². The largest absolute Gasteiger partial charge is 0.456 e. The van der Waals surface area contributed by atoms with Crippen molar-refractivity contribution in [2.75, 3.05) is 26.4 Å². The SMILES string of the molecule is CC(CO)(CO)c1ccc(-c2ccc(-c3cc4nc(OC5CO[C@@H]6CCO[C@H]56)[nH]c4cc3Cl)cc2)cc1. The van der Waals surface area contributed by atoms with E-state index in [9.17, 15) is 10.2 Å². The van der Waals surface area contributed by atoms with Gasteiger partial charge in [-0.2, -0.15) is 4.98 Å². The molecule has 1 unspecified atom stereocenters. The van der Waals surface area contributed by atoms with Gasteiger partial charge < -0.3 is 29.4 Å². The van der Waals surface area contributed by atoms with Gasteiger partial charge in [-0.25, -0.2) is 0 Å². The molecule has 1 aromatic heterocycles. The first kappa shape index (κ1) is 24.4. The number of H-pyrrole nitrogens is 1. The second kappa shape index (κ2) is 9.74. The molecule has 3 atom stereocenters. The topological polar surface area (TPSA) is 96.8 Å². The summed E-state index contributed by atoms with van der Waals surface area (Å²) in [4.78, 5) is 7.86. The zero-order valence-electron chi connectivity index (χ0n) is 20.5. The molecule has 0 saturated carbocycles. The average Bonchev–Trinajstić information content (AvgIpc) is 3.65. The van der Waals surface area contributed by atoms with Crippen LogP contribution in [0, 0.1) is 0 Å². The maximum absolute atomic E-state index is 9.66. The highest BCUT2D eigenvalue weighted by Crippen LogP contribution is 2.35. The van der Waals surface area contributed by atoms with Crippen LogP contribution in [-0.4, -0.2) is 64.9 Å². The molecule has 192 valence electrons. The molecule has 3 heterocycles. The zero-order chi connectivity index (χ0) is 25.6. The number of nitrogens with one attached hydrogen (secondary N) is 1. The van der Waals surface area contributed by atoms with Crippen LogP contribution in [0.15, 0.2) is 60.7 Å². The third-order valence-electron chi connectivity index (χ3n) is 7.54. The number of fused-ring (bicyclic) bond motifs is 2. The number of rotatable bonds is 7. The molecule has 7 nitrogen and oxygen atoms in total. The molecule has 2 saturated heterocycles. The fraction of sp³-hybridized carbons (Fsp3) is 0.345. The van der Waals surface area contributed by atoms with Crippen LogP contribution in [0.1, 0.15) is 18.9 Å². The molecular formula is C29H29ClN2O5. The number of hydrogen-bond donors (Lipinski definition) is 3. The molecule has 0 aliphatic carbocycles. The Balaban J connectivity index is 1.22. The van der Waals surface area contributed by atoms with E-state index in [0.29, 0.717) is 24.2 Å². The van der Waals surface area contributed by atoms with Crippen molar-refractivity contribution in [3.8, 4) is 28.3 Å². The van der Waals surface area contributed by atoms with Crippen LogP contribution < -0.4 is 4.74 Å². The van der Waals surface area contributed by atoms with E-state index >= 15 is 0 Å². The van der Waals surface area contributed by atoms with Gasteiger partial charge in [-0.1, -0.05) is 67.1 Å². The molecule has 0 spiro atoms. The van der Waals surface area contributed by atoms with Crippen molar-refractivity contribution in [2.24, 2.45) is 0 Å². The molecule has 0 bridgehead atoms. The molecule has 2 aliphatic heterocycles. The van der Waals surface area contributed by atoms with Crippen molar-refractivity contribution in [1.82, 2.24) is 9.97 Å². The van der Waals surface area contributed by atoms with E-state index in [2.05, 4.69) is 22.1 Å². The molecule has 3 N–H and O–H groups in total. The fourth-order valence-electron chi connectivity index (χ4n) is 5.10. The summed E-state index contributed by atoms with van der Waals surface area (Å²) in [7, 11) is 0. The van der Waals surface area contributed by atoms with Crippen LogP contribution in [-0.2, 0) is 14.9 Å². The van der Waals surface area contributed by atoms with Gasteiger partial charge in [0.2, 0.25) is 0 Å². The summed E-state index contributed by atoms with van der Waals surface area (Å²) in [5.74, 6) is 0. The second-order valence-corrected chi connectivity index (χ2v) is 10.5. The number of aliphatic hydroxyl groups is 2. The molecule has 4 aromatic rings. The van der Waals surface area contributed by atoms with Crippen LogP contribution >= 0.6 is 11.6 Å².